The summed E-state index contributed by atoms with van der Waals surface area (Å²) in [5.41, 5.74) is 0.218. The molecule has 11 nitrogen and oxygen atoms in total. The topological polar surface area (TPSA) is 113 Å². The molecule has 1 spiro atoms. The van der Waals surface area contributed by atoms with Crippen molar-refractivity contribution in [1.82, 2.24) is 29.3 Å². The Bertz CT molecular complexity index is 1530. The first kappa shape index (κ1) is 27.9. The maximum atomic E-state index is 13.4. The van der Waals surface area contributed by atoms with Crippen LogP contribution in [0.5, 0.6) is 5.75 Å². The molecule has 6 rings (SSSR count). The number of likely N-dealkylation sites (tertiary alicyclic amines) is 2. The minimum Gasteiger partial charge on any atom is -0.488 e. The molecule has 2 N–H and O–H groups in total. The molecule has 14 heteroatoms. The van der Waals surface area contributed by atoms with Crippen LogP contribution in [-0.4, -0.2) is 80.2 Å². The maximum absolute atomic E-state index is 13.4. The van der Waals surface area contributed by atoms with Crippen molar-refractivity contribution < 1.29 is 32.3 Å². The number of fused-ring (bicyclic) bond motifs is 1. The Kier molecular flexibility index (Phi) is 6.81. The second kappa shape index (κ2) is 10.2. The van der Waals surface area contributed by atoms with Gasteiger partial charge in [-0.2, -0.15) is 18.3 Å². The van der Waals surface area contributed by atoms with Crippen molar-refractivity contribution in [2.75, 3.05) is 31.5 Å². The number of hydrogen-bond donors (Lipinski definition) is 2. The number of carbonyl (C=O) groups excluding carboxylic acids is 3. The summed E-state index contributed by atoms with van der Waals surface area (Å²) >= 11 is 0. The summed E-state index contributed by atoms with van der Waals surface area (Å²) in [6, 6.07) is 2.23. The fraction of sp³-hybridized carbons (Fsp3) is 0.500. The van der Waals surface area contributed by atoms with Crippen molar-refractivity contribution in [3.63, 3.8) is 0 Å². The molecular weight excluding hydrogens is 555 g/mol. The minimum absolute atomic E-state index is 0.0343. The number of ether oxygens (including phenoxy) is 1. The first-order valence-corrected chi connectivity index (χ1v) is 13.9. The molecule has 42 heavy (non-hydrogen) atoms. The molecule has 0 unspecified atom stereocenters. The van der Waals surface area contributed by atoms with Crippen LogP contribution in [0.15, 0.2) is 36.8 Å². The zero-order chi connectivity index (χ0) is 29.8. The number of hydrogen-bond acceptors (Lipinski definition) is 5. The molecule has 4 heterocycles. The lowest BCUT2D eigenvalue weighted by Gasteiger charge is -2.58. The zero-order valence-corrected chi connectivity index (χ0v) is 23.3. The average Bonchev–Trinajstić information content (AvgIpc) is 3.48. The number of rotatable bonds is 5. The highest BCUT2D eigenvalue weighted by Crippen LogP contribution is 2.49. The third-order valence-electron chi connectivity index (χ3n) is 8.53. The van der Waals surface area contributed by atoms with Gasteiger partial charge in [0.25, 0.3) is 5.91 Å². The van der Waals surface area contributed by atoms with Crippen LogP contribution in [0.2, 0.25) is 0 Å². The van der Waals surface area contributed by atoms with E-state index in [1.807, 2.05) is 17.8 Å². The Balaban J connectivity index is 1.04. The van der Waals surface area contributed by atoms with Crippen molar-refractivity contribution in [3.05, 3.63) is 47.9 Å². The molecule has 3 aliphatic rings. The van der Waals surface area contributed by atoms with E-state index in [0.29, 0.717) is 57.4 Å². The molecule has 1 aliphatic carbocycles. The number of aryl methyl sites for hydroxylation is 1. The number of amides is 4. The molecule has 224 valence electrons. The SMILES string of the molecule is CC(=O)N1CCC(Oc2ccc(C(F)(F)F)cc2NC(=O)NC2CC3(C2)CN(C(=O)c2cnn4ccn(C)c24)C3)CC1. The lowest BCUT2D eigenvalue weighted by atomic mass is 9.60. The number of aromatic nitrogens is 3. The van der Waals surface area contributed by atoms with E-state index < -0.39 is 17.8 Å². The van der Waals surface area contributed by atoms with Crippen LogP contribution in [-0.2, 0) is 18.0 Å². The number of halogens is 3. The fourth-order valence-electron chi connectivity index (χ4n) is 6.34. The van der Waals surface area contributed by atoms with E-state index >= 15 is 0 Å². The van der Waals surface area contributed by atoms with Gasteiger partial charge in [-0.15, -0.1) is 0 Å². The summed E-state index contributed by atoms with van der Waals surface area (Å²) in [4.78, 5) is 40.9. The van der Waals surface area contributed by atoms with Gasteiger partial charge in [0.2, 0.25) is 5.91 Å². The van der Waals surface area contributed by atoms with Gasteiger partial charge in [-0.1, -0.05) is 0 Å². The van der Waals surface area contributed by atoms with Gasteiger partial charge < -0.3 is 29.7 Å². The Morgan fingerprint density at radius 3 is 2.45 bits per heavy atom. The summed E-state index contributed by atoms with van der Waals surface area (Å²) in [7, 11) is 1.85. The Hall–Kier alpha value is -4.23. The number of anilines is 1. The number of nitrogens with one attached hydrogen (secondary N) is 2. The summed E-state index contributed by atoms with van der Waals surface area (Å²) in [6.07, 6.45) is 2.70. The van der Waals surface area contributed by atoms with Gasteiger partial charge in [-0.25, -0.2) is 9.31 Å². The van der Waals surface area contributed by atoms with Crippen LogP contribution in [0, 0.1) is 5.41 Å². The number of nitrogens with zero attached hydrogens (tertiary/aromatic N) is 5. The number of piperidine rings is 1. The van der Waals surface area contributed by atoms with E-state index in [-0.39, 0.29) is 40.8 Å². The summed E-state index contributed by atoms with van der Waals surface area (Å²) in [5, 5.41) is 9.62. The fourth-order valence-corrected chi connectivity index (χ4v) is 6.34. The monoisotopic (exact) mass is 587 g/mol. The van der Waals surface area contributed by atoms with E-state index in [9.17, 15) is 27.6 Å². The van der Waals surface area contributed by atoms with E-state index in [2.05, 4.69) is 15.7 Å². The highest BCUT2D eigenvalue weighted by Gasteiger charge is 2.54. The molecule has 1 aromatic carbocycles. The lowest BCUT2D eigenvalue weighted by Crippen LogP contribution is -2.67. The number of alkyl halides is 3. The van der Waals surface area contributed by atoms with Crippen LogP contribution in [0.4, 0.5) is 23.7 Å². The second-order valence-corrected chi connectivity index (χ2v) is 11.6. The molecule has 4 amide bonds. The quantitative estimate of drug-likeness (QED) is 0.475. The van der Waals surface area contributed by atoms with Gasteiger partial charge in [0, 0.05) is 76.8 Å². The van der Waals surface area contributed by atoms with Gasteiger partial charge in [-0.3, -0.25) is 9.59 Å². The van der Waals surface area contributed by atoms with Crippen molar-refractivity contribution in [1.29, 1.82) is 0 Å². The largest absolute Gasteiger partial charge is 0.488 e. The highest BCUT2D eigenvalue weighted by atomic mass is 19.4. The normalized spacial score (nSPS) is 19.0. The van der Waals surface area contributed by atoms with Crippen LogP contribution in [0.3, 0.4) is 0 Å². The van der Waals surface area contributed by atoms with Crippen LogP contribution in [0.1, 0.15) is 48.5 Å². The van der Waals surface area contributed by atoms with Crippen molar-refractivity contribution >= 4 is 29.2 Å². The predicted octanol–water partition coefficient (Wildman–Crippen LogP) is 3.51. The Labute approximate surface area is 239 Å². The summed E-state index contributed by atoms with van der Waals surface area (Å²) in [5.74, 6) is 0.0220. The Morgan fingerprint density at radius 1 is 1.07 bits per heavy atom. The molecule has 2 aliphatic heterocycles. The third kappa shape index (κ3) is 5.25. The standard InChI is InChI=1S/C28H32F3N7O4/c1-17(39)36-7-5-20(6-8-36)42-23-4-3-18(28(29,30)31)11-22(23)34-26(41)33-19-12-27(13-19)15-37(16-27)25(40)21-14-32-38-10-9-35(2)24(21)38/h3-4,9-11,14,19-20H,5-8,12-13,15-16H2,1-2H3,(H2,33,34,41). The van der Waals surface area contributed by atoms with E-state index in [1.165, 1.54) is 13.0 Å². The molecule has 0 radical (unpaired) electrons. The van der Waals surface area contributed by atoms with Crippen molar-refractivity contribution in [3.8, 4) is 5.75 Å². The van der Waals surface area contributed by atoms with Gasteiger partial charge in [0.1, 0.15) is 23.1 Å². The predicted molar refractivity (Wildman–Crippen MR) is 145 cm³/mol. The number of imidazole rings is 1. The Morgan fingerprint density at radius 2 is 1.79 bits per heavy atom. The van der Waals surface area contributed by atoms with E-state index in [4.69, 9.17) is 4.74 Å². The molecule has 2 aromatic heterocycles. The van der Waals surface area contributed by atoms with Gasteiger partial charge in [-0.05, 0) is 31.0 Å². The number of carbonyl (C=O) groups is 3. The molecule has 3 fully saturated rings. The minimum atomic E-state index is -4.59. The lowest BCUT2D eigenvalue weighted by molar-refractivity contribution is -0.137. The van der Waals surface area contributed by atoms with E-state index in [1.54, 1.807) is 26.7 Å². The second-order valence-electron chi connectivity index (χ2n) is 11.6. The number of benzene rings is 1. The molecule has 0 atom stereocenters. The maximum Gasteiger partial charge on any atom is 0.416 e. The average molecular weight is 588 g/mol. The molecule has 2 saturated heterocycles. The van der Waals surface area contributed by atoms with Crippen LogP contribution >= 0.6 is 0 Å². The first-order valence-electron chi connectivity index (χ1n) is 13.9. The van der Waals surface area contributed by atoms with Crippen LogP contribution < -0.4 is 15.4 Å². The number of urea groups is 1. The van der Waals surface area contributed by atoms with Gasteiger partial charge >= 0.3 is 12.2 Å². The molecule has 3 aromatic rings. The third-order valence-corrected chi connectivity index (χ3v) is 8.53. The summed E-state index contributed by atoms with van der Waals surface area (Å²) < 4.78 is 49.8. The van der Waals surface area contributed by atoms with Crippen molar-refractivity contribution in [2.45, 2.75) is 50.9 Å². The van der Waals surface area contributed by atoms with Crippen molar-refractivity contribution in [2.24, 2.45) is 12.5 Å². The molecular formula is C28H32F3N7O4. The zero-order valence-electron chi connectivity index (χ0n) is 23.3. The van der Waals surface area contributed by atoms with Gasteiger partial charge in [0.05, 0.1) is 17.4 Å². The van der Waals surface area contributed by atoms with Crippen LogP contribution in [0.25, 0.3) is 5.65 Å². The van der Waals surface area contributed by atoms with E-state index in [0.717, 1.165) is 17.8 Å². The van der Waals surface area contributed by atoms with Gasteiger partial charge in [0.15, 0.2) is 0 Å². The molecule has 1 saturated carbocycles. The molecule has 0 bridgehead atoms. The highest BCUT2D eigenvalue weighted by molar-refractivity contribution is 6.00. The smallest absolute Gasteiger partial charge is 0.416 e. The first-order chi connectivity index (χ1) is 19.9. The summed E-state index contributed by atoms with van der Waals surface area (Å²) in [6.45, 7) is 3.62.